The maximum Gasteiger partial charge on any atom is 0.115 e. The number of hydrogen-bond donors (Lipinski definition) is 2. The van der Waals surface area contributed by atoms with Crippen LogP contribution in [-0.2, 0) is 0 Å². The summed E-state index contributed by atoms with van der Waals surface area (Å²) in [4.78, 5) is 4.43. The lowest BCUT2D eigenvalue weighted by atomic mass is 10.1. The predicted octanol–water partition coefficient (Wildman–Crippen LogP) is 3.08. The molecule has 1 atom stereocenters. The second-order valence-corrected chi connectivity index (χ2v) is 4.96. The van der Waals surface area contributed by atoms with E-state index in [-0.39, 0.29) is 6.04 Å². The summed E-state index contributed by atoms with van der Waals surface area (Å²) in [5.41, 5.74) is 8.69. The molecule has 0 saturated carbocycles. The molecule has 1 aromatic heterocycles. The van der Waals surface area contributed by atoms with Crippen LogP contribution in [0.4, 0.5) is 11.4 Å². The summed E-state index contributed by atoms with van der Waals surface area (Å²) < 4.78 is 0. The zero-order chi connectivity index (χ0) is 13.1. The molecule has 1 unspecified atom stereocenters. The van der Waals surface area contributed by atoms with E-state index in [0.717, 1.165) is 16.4 Å². The van der Waals surface area contributed by atoms with Gasteiger partial charge in [-0.2, -0.15) is 5.26 Å². The molecule has 4 nitrogen and oxygen atoms in total. The van der Waals surface area contributed by atoms with Gasteiger partial charge in [0.15, 0.2) is 0 Å². The molecule has 2 rings (SSSR count). The summed E-state index contributed by atoms with van der Waals surface area (Å²) in [5.74, 6) is 0. The van der Waals surface area contributed by atoms with Crippen LogP contribution < -0.4 is 11.1 Å². The van der Waals surface area contributed by atoms with Gasteiger partial charge in [0.05, 0.1) is 23.0 Å². The Hall–Kier alpha value is -2.06. The SMILES string of the molecule is Cc1csc(C(C)Nc2cccc(C#N)c2N)n1. The number of para-hydroxylation sites is 1. The first-order chi connectivity index (χ1) is 8.61. The van der Waals surface area contributed by atoms with Crippen LogP contribution in [-0.4, -0.2) is 4.98 Å². The third-order valence-electron chi connectivity index (χ3n) is 2.61. The van der Waals surface area contributed by atoms with Gasteiger partial charge in [-0.1, -0.05) is 6.07 Å². The number of benzene rings is 1. The van der Waals surface area contributed by atoms with Gasteiger partial charge in [-0.05, 0) is 26.0 Å². The predicted molar refractivity (Wildman–Crippen MR) is 74.5 cm³/mol. The van der Waals surface area contributed by atoms with Crippen molar-refractivity contribution in [3.8, 4) is 6.07 Å². The van der Waals surface area contributed by atoms with E-state index in [1.807, 2.05) is 31.4 Å². The van der Waals surface area contributed by atoms with Crippen molar-refractivity contribution in [2.75, 3.05) is 11.1 Å². The Balaban J connectivity index is 2.22. The van der Waals surface area contributed by atoms with Crippen molar-refractivity contribution in [1.82, 2.24) is 4.98 Å². The first kappa shape index (κ1) is 12.4. The van der Waals surface area contributed by atoms with Gasteiger partial charge in [-0.15, -0.1) is 11.3 Å². The molecule has 0 amide bonds. The second kappa shape index (κ2) is 5.07. The van der Waals surface area contributed by atoms with Gasteiger partial charge in [0.2, 0.25) is 0 Å². The van der Waals surface area contributed by atoms with Crippen molar-refractivity contribution in [2.24, 2.45) is 0 Å². The van der Waals surface area contributed by atoms with Gasteiger partial charge in [-0.3, -0.25) is 0 Å². The monoisotopic (exact) mass is 258 g/mol. The van der Waals surface area contributed by atoms with Crippen molar-refractivity contribution in [3.63, 3.8) is 0 Å². The van der Waals surface area contributed by atoms with Gasteiger partial charge in [0.25, 0.3) is 0 Å². The van der Waals surface area contributed by atoms with Crippen LogP contribution in [0.2, 0.25) is 0 Å². The quantitative estimate of drug-likeness (QED) is 0.830. The molecule has 5 heteroatoms. The number of rotatable bonds is 3. The fourth-order valence-electron chi connectivity index (χ4n) is 1.65. The summed E-state index contributed by atoms with van der Waals surface area (Å²) in [7, 11) is 0. The zero-order valence-electron chi connectivity index (χ0n) is 10.3. The molecule has 0 aliphatic heterocycles. The Morgan fingerprint density at radius 1 is 1.50 bits per heavy atom. The molecule has 18 heavy (non-hydrogen) atoms. The van der Waals surface area contributed by atoms with Crippen LogP contribution >= 0.6 is 11.3 Å². The summed E-state index contributed by atoms with van der Waals surface area (Å²) in [6, 6.07) is 7.54. The van der Waals surface area contributed by atoms with E-state index < -0.39 is 0 Å². The number of anilines is 2. The number of thiazole rings is 1. The number of aryl methyl sites for hydroxylation is 1. The third-order valence-corrected chi connectivity index (χ3v) is 3.75. The Labute approximate surface area is 110 Å². The van der Waals surface area contributed by atoms with E-state index in [0.29, 0.717) is 11.3 Å². The minimum Gasteiger partial charge on any atom is -0.396 e. The number of hydrogen-bond acceptors (Lipinski definition) is 5. The molecule has 0 spiro atoms. The number of nitrogens with zero attached hydrogens (tertiary/aromatic N) is 2. The normalized spacial score (nSPS) is 11.8. The van der Waals surface area contributed by atoms with E-state index in [2.05, 4.69) is 16.4 Å². The highest BCUT2D eigenvalue weighted by atomic mass is 32.1. The van der Waals surface area contributed by atoms with E-state index in [1.54, 1.807) is 17.4 Å². The van der Waals surface area contributed by atoms with E-state index in [1.165, 1.54) is 0 Å². The summed E-state index contributed by atoms with van der Waals surface area (Å²) in [6.45, 7) is 3.99. The van der Waals surface area contributed by atoms with Crippen molar-refractivity contribution >= 4 is 22.7 Å². The molecule has 1 heterocycles. The number of nitrogen functional groups attached to an aromatic ring is 1. The van der Waals surface area contributed by atoms with Gasteiger partial charge in [-0.25, -0.2) is 4.98 Å². The topological polar surface area (TPSA) is 74.7 Å². The van der Waals surface area contributed by atoms with Crippen molar-refractivity contribution in [3.05, 3.63) is 39.8 Å². The largest absolute Gasteiger partial charge is 0.396 e. The Bertz CT molecular complexity index is 597. The minimum absolute atomic E-state index is 0.0694. The Morgan fingerprint density at radius 3 is 2.89 bits per heavy atom. The highest BCUT2D eigenvalue weighted by molar-refractivity contribution is 7.09. The highest BCUT2D eigenvalue weighted by Crippen LogP contribution is 2.27. The second-order valence-electron chi connectivity index (χ2n) is 4.07. The lowest BCUT2D eigenvalue weighted by Crippen LogP contribution is -2.08. The first-order valence-electron chi connectivity index (χ1n) is 5.59. The van der Waals surface area contributed by atoms with E-state index in [9.17, 15) is 0 Å². The average molecular weight is 258 g/mol. The smallest absolute Gasteiger partial charge is 0.115 e. The maximum atomic E-state index is 8.93. The first-order valence-corrected chi connectivity index (χ1v) is 6.47. The summed E-state index contributed by atoms with van der Waals surface area (Å²) >= 11 is 1.61. The summed E-state index contributed by atoms with van der Waals surface area (Å²) in [5, 5.41) is 15.2. The number of nitriles is 1. The third kappa shape index (κ3) is 2.44. The molecule has 0 radical (unpaired) electrons. The van der Waals surface area contributed by atoms with E-state index >= 15 is 0 Å². The molecule has 92 valence electrons. The number of nitrogens with one attached hydrogen (secondary N) is 1. The Kier molecular flexibility index (Phi) is 3.49. The van der Waals surface area contributed by atoms with Gasteiger partial charge >= 0.3 is 0 Å². The van der Waals surface area contributed by atoms with Crippen LogP contribution in [0.3, 0.4) is 0 Å². The fourth-order valence-corrected chi connectivity index (χ4v) is 2.46. The minimum atomic E-state index is 0.0694. The molecular formula is C13H14N4S. The van der Waals surface area contributed by atoms with Gasteiger partial charge in [0, 0.05) is 11.1 Å². The van der Waals surface area contributed by atoms with Gasteiger partial charge < -0.3 is 11.1 Å². The van der Waals surface area contributed by atoms with Crippen LogP contribution in [0, 0.1) is 18.3 Å². The lowest BCUT2D eigenvalue weighted by molar-refractivity contribution is 0.864. The van der Waals surface area contributed by atoms with Crippen molar-refractivity contribution in [1.29, 1.82) is 5.26 Å². The lowest BCUT2D eigenvalue weighted by Gasteiger charge is -2.15. The van der Waals surface area contributed by atoms with E-state index in [4.69, 9.17) is 11.0 Å². The maximum absolute atomic E-state index is 8.93. The number of aromatic nitrogens is 1. The van der Waals surface area contributed by atoms with Crippen LogP contribution in [0.15, 0.2) is 23.6 Å². The summed E-state index contributed by atoms with van der Waals surface area (Å²) in [6.07, 6.45) is 0. The van der Waals surface area contributed by atoms with Gasteiger partial charge in [0.1, 0.15) is 11.1 Å². The molecule has 0 bridgehead atoms. The molecule has 0 aliphatic carbocycles. The van der Waals surface area contributed by atoms with Crippen molar-refractivity contribution in [2.45, 2.75) is 19.9 Å². The average Bonchev–Trinajstić information content (AvgIpc) is 2.78. The van der Waals surface area contributed by atoms with Crippen molar-refractivity contribution < 1.29 is 0 Å². The standard InChI is InChI=1S/C13H14N4S/c1-8-7-18-13(16-8)9(2)17-11-5-3-4-10(6-14)12(11)15/h3-5,7,9,17H,15H2,1-2H3. The molecule has 0 fully saturated rings. The molecule has 3 N–H and O–H groups in total. The molecular weight excluding hydrogens is 244 g/mol. The molecule has 1 aromatic carbocycles. The fraction of sp³-hybridized carbons (Fsp3) is 0.231. The highest BCUT2D eigenvalue weighted by Gasteiger charge is 2.11. The molecule has 0 aliphatic rings. The van der Waals surface area contributed by atoms with Crippen LogP contribution in [0.5, 0.6) is 0 Å². The molecule has 2 aromatic rings. The molecule has 0 saturated heterocycles. The zero-order valence-corrected chi connectivity index (χ0v) is 11.1. The Morgan fingerprint density at radius 2 is 2.28 bits per heavy atom. The van der Waals surface area contributed by atoms with Crippen LogP contribution in [0.1, 0.15) is 29.2 Å². The number of nitrogens with two attached hydrogens (primary N) is 1. The van der Waals surface area contributed by atoms with Crippen LogP contribution in [0.25, 0.3) is 0 Å².